The van der Waals surface area contributed by atoms with E-state index in [1.807, 2.05) is 0 Å². The Morgan fingerprint density at radius 1 is 1.22 bits per heavy atom. The predicted octanol–water partition coefficient (Wildman–Crippen LogP) is -1.81. The molecule has 0 aromatic heterocycles. The van der Waals surface area contributed by atoms with E-state index in [1.54, 1.807) is 0 Å². The van der Waals surface area contributed by atoms with Crippen molar-refractivity contribution >= 4 is 22.5 Å². The molecule has 0 amide bonds. The molecule has 94 valence electrons. The molecular weight excluding hydrogens is 293 g/mol. The molecule has 0 saturated heterocycles. The molecule has 9 heteroatoms. The SMILES string of the molecule is O=S(=O)(NC1CC1)c1cccc([B-](F)(F)F)c1.[K+]. The first-order valence-corrected chi connectivity index (χ1v) is 6.59. The van der Waals surface area contributed by atoms with Crippen LogP contribution in [0.5, 0.6) is 0 Å². The van der Waals surface area contributed by atoms with Gasteiger partial charge in [-0.15, -0.1) is 5.46 Å². The van der Waals surface area contributed by atoms with E-state index in [0.29, 0.717) is 6.07 Å². The fraction of sp³-hybridized carbons (Fsp3) is 0.333. The molecular formula is C9H10BF3KNO2S. The molecule has 1 saturated carbocycles. The third-order valence-corrected chi connectivity index (χ3v) is 3.96. The van der Waals surface area contributed by atoms with Crippen LogP contribution in [0.15, 0.2) is 29.2 Å². The van der Waals surface area contributed by atoms with Crippen molar-refractivity contribution in [1.29, 1.82) is 0 Å². The molecule has 0 unspecified atom stereocenters. The van der Waals surface area contributed by atoms with Crippen LogP contribution in [-0.4, -0.2) is 21.4 Å². The van der Waals surface area contributed by atoms with Crippen LogP contribution in [-0.2, 0) is 10.0 Å². The number of sulfonamides is 1. The number of benzene rings is 1. The van der Waals surface area contributed by atoms with Gasteiger partial charge in [0.05, 0.1) is 4.90 Å². The Kier molecular flexibility index (Phi) is 5.51. The topological polar surface area (TPSA) is 46.2 Å². The van der Waals surface area contributed by atoms with Crippen molar-refractivity contribution in [3.8, 4) is 0 Å². The first-order chi connectivity index (χ1) is 7.79. The Labute approximate surface area is 146 Å². The summed E-state index contributed by atoms with van der Waals surface area (Å²) in [6, 6.07) is 3.68. The van der Waals surface area contributed by atoms with Crippen molar-refractivity contribution in [2.24, 2.45) is 0 Å². The maximum Gasteiger partial charge on any atom is 1.00 e. The summed E-state index contributed by atoms with van der Waals surface area (Å²) in [6.45, 7) is -5.18. The van der Waals surface area contributed by atoms with E-state index in [0.717, 1.165) is 31.0 Å². The summed E-state index contributed by atoms with van der Waals surface area (Å²) < 4.78 is 63.2. The van der Waals surface area contributed by atoms with E-state index in [-0.39, 0.29) is 62.3 Å². The number of hydrogen-bond donors (Lipinski definition) is 1. The van der Waals surface area contributed by atoms with Crippen LogP contribution in [0.1, 0.15) is 12.8 Å². The maximum absolute atomic E-state index is 12.5. The van der Waals surface area contributed by atoms with Gasteiger partial charge >= 0.3 is 58.4 Å². The van der Waals surface area contributed by atoms with Crippen molar-refractivity contribution in [1.82, 2.24) is 4.72 Å². The molecule has 0 aliphatic heterocycles. The van der Waals surface area contributed by atoms with E-state index in [9.17, 15) is 21.4 Å². The van der Waals surface area contributed by atoms with Gasteiger partial charge in [-0.25, -0.2) is 13.1 Å². The Bertz CT molecular complexity index is 531. The molecule has 1 aromatic carbocycles. The van der Waals surface area contributed by atoms with Gasteiger partial charge in [-0.1, -0.05) is 18.2 Å². The van der Waals surface area contributed by atoms with Gasteiger partial charge in [0.15, 0.2) is 0 Å². The molecule has 1 aliphatic carbocycles. The monoisotopic (exact) mass is 303 g/mol. The number of rotatable bonds is 4. The van der Waals surface area contributed by atoms with Crippen LogP contribution in [0, 0.1) is 0 Å². The third-order valence-electron chi connectivity index (χ3n) is 2.45. The van der Waals surface area contributed by atoms with Gasteiger partial charge in [0.25, 0.3) is 0 Å². The fourth-order valence-electron chi connectivity index (χ4n) is 1.37. The van der Waals surface area contributed by atoms with Crippen LogP contribution < -0.4 is 61.6 Å². The molecule has 1 N–H and O–H groups in total. The zero-order chi connectivity index (χ0) is 12.7. The van der Waals surface area contributed by atoms with Gasteiger partial charge in [0.1, 0.15) is 0 Å². The molecule has 0 bridgehead atoms. The molecule has 0 spiro atoms. The molecule has 2 rings (SSSR count). The average molecular weight is 303 g/mol. The number of halogens is 3. The molecule has 0 radical (unpaired) electrons. The summed E-state index contributed by atoms with van der Waals surface area (Å²) in [5.41, 5.74) is -0.899. The number of nitrogens with one attached hydrogen (secondary N) is 1. The average Bonchev–Trinajstić information content (AvgIpc) is 3.00. The molecule has 18 heavy (non-hydrogen) atoms. The van der Waals surface area contributed by atoms with E-state index < -0.39 is 22.5 Å². The quantitative estimate of drug-likeness (QED) is 0.666. The maximum atomic E-state index is 12.5. The summed E-state index contributed by atoms with van der Waals surface area (Å²) in [5, 5.41) is 0. The Morgan fingerprint density at radius 3 is 2.33 bits per heavy atom. The molecule has 0 heterocycles. The van der Waals surface area contributed by atoms with Gasteiger partial charge in [-0.05, 0) is 18.9 Å². The molecule has 1 fully saturated rings. The van der Waals surface area contributed by atoms with E-state index in [2.05, 4.69) is 4.72 Å². The third kappa shape index (κ3) is 4.33. The fourth-order valence-corrected chi connectivity index (χ4v) is 2.73. The molecule has 1 aliphatic rings. The minimum absolute atomic E-state index is 0. The smallest absolute Gasteiger partial charge is 0.445 e. The van der Waals surface area contributed by atoms with Gasteiger partial charge < -0.3 is 12.9 Å². The first-order valence-electron chi connectivity index (χ1n) is 5.11. The van der Waals surface area contributed by atoms with Gasteiger partial charge in [0, 0.05) is 6.04 Å². The predicted molar refractivity (Wildman–Crippen MR) is 58.5 cm³/mol. The Balaban J connectivity index is 0.00000162. The second kappa shape index (κ2) is 5.94. The normalized spacial score (nSPS) is 16.2. The van der Waals surface area contributed by atoms with Crippen molar-refractivity contribution in [2.75, 3.05) is 0 Å². The van der Waals surface area contributed by atoms with Crippen molar-refractivity contribution in [2.45, 2.75) is 23.8 Å². The van der Waals surface area contributed by atoms with Crippen LogP contribution >= 0.6 is 0 Å². The number of hydrogen-bond acceptors (Lipinski definition) is 2. The summed E-state index contributed by atoms with van der Waals surface area (Å²) >= 11 is 0. The minimum atomic E-state index is -5.18. The van der Waals surface area contributed by atoms with Crippen LogP contribution in [0.3, 0.4) is 0 Å². The van der Waals surface area contributed by atoms with Crippen LogP contribution in [0.4, 0.5) is 12.9 Å². The van der Waals surface area contributed by atoms with E-state index >= 15 is 0 Å². The van der Waals surface area contributed by atoms with E-state index in [4.69, 9.17) is 0 Å². The molecule has 1 aromatic rings. The Hall–Kier alpha value is 0.621. The summed E-state index contributed by atoms with van der Waals surface area (Å²) in [4.78, 5) is -0.332. The zero-order valence-corrected chi connectivity index (χ0v) is 13.7. The standard InChI is InChI=1S/C9H10BF3NO2S.K/c11-10(12,13)7-2-1-3-9(6-7)17(15,16)14-8-4-5-8;/h1-3,6,8,14H,4-5H2;/q-1;+1. The second-order valence-corrected chi connectivity index (χ2v) is 5.76. The van der Waals surface area contributed by atoms with Crippen molar-refractivity contribution in [3.05, 3.63) is 24.3 Å². The summed E-state index contributed by atoms with van der Waals surface area (Å²) in [5.74, 6) is 0. The summed E-state index contributed by atoms with van der Waals surface area (Å²) in [7, 11) is -3.82. The first kappa shape index (κ1) is 16.7. The van der Waals surface area contributed by atoms with Crippen molar-refractivity contribution in [3.63, 3.8) is 0 Å². The van der Waals surface area contributed by atoms with Crippen LogP contribution in [0.25, 0.3) is 0 Å². The van der Waals surface area contributed by atoms with Crippen LogP contribution in [0.2, 0.25) is 0 Å². The molecule has 3 nitrogen and oxygen atoms in total. The zero-order valence-electron chi connectivity index (χ0n) is 9.74. The van der Waals surface area contributed by atoms with E-state index in [1.165, 1.54) is 0 Å². The van der Waals surface area contributed by atoms with Gasteiger partial charge in [-0.3, -0.25) is 0 Å². The molecule has 0 atom stereocenters. The van der Waals surface area contributed by atoms with Crippen molar-refractivity contribution < 1.29 is 72.7 Å². The minimum Gasteiger partial charge on any atom is -0.445 e. The second-order valence-electron chi connectivity index (χ2n) is 4.04. The largest absolute Gasteiger partial charge is 1.00 e. The summed E-state index contributed by atoms with van der Waals surface area (Å²) in [6.07, 6.45) is 1.48. The van der Waals surface area contributed by atoms with Gasteiger partial charge in [0.2, 0.25) is 10.0 Å². The van der Waals surface area contributed by atoms with Gasteiger partial charge in [-0.2, -0.15) is 0 Å². The Morgan fingerprint density at radius 2 is 1.83 bits per heavy atom.